The van der Waals surface area contributed by atoms with Crippen LogP contribution in [0, 0.1) is 6.92 Å². The van der Waals surface area contributed by atoms with Crippen molar-refractivity contribution < 1.29 is 4.74 Å². The fourth-order valence-electron chi connectivity index (χ4n) is 0.914. The highest BCUT2D eigenvalue weighted by Crippen LogP contribution is 2.22. The van der Waals surface area contributed by atoms with E-state index in [1.807, 2.05) is 0 Å². The Labute approximate surface area is 65.6 Å². The highest BCUT2D eigenvalue weighted by Gasteiger charge is 2.06. The van der Waals surface area contributed by atoms with Crippen molar-refractivity contribution in [3.63, 3.8) is 0 Å². The Morgan fingerprint density at radius 2 is 2.20 bits per heavy atom. The Bertz CT molecular complexity index is 205. The number of ether oxygens (including phenoxy) is 1. The molecule has 0 aliphatic rings. The summed E-state index contributed by atoms with van der Waals surface area (Å²) in [5.74, 6) is 0. The van der Waals surface area contributed by atoms with Gasteiger partial charge in [-0.15, -0.1) is 0 Å². The van der Waals surface area contributed by atoms with Gasteiger partial charge in [-0.1, -0.05) is 0 Å². The van der Waals surface area contributed by atoms with Gasteiger partial charge in [0.25, 0.3) is 0 Å². The van der Waals surface area contributed by atoms with Gasteiger partial charge in [0.2, 0.25) is 0 Å². The van der Waals surface area contributed by atoms with Gasteiger partial charge in [0.05, 0.1) is 6.10 Å². The molecule has 1 heterocycles. The van der Waals surface area contributed by atoms with Gasteiger partial charge in [0, 0.05) is 7.11 Å². The van der Waals surface area contributed by atoms with Crippen molar-refractivity contribution in [2.45, 2.75) is 20.0 Å². The Morgan fingerprint density at radius 3 is 2.60 bits per heavy atom. The van der Waals surface area contributed by atoms with Crippen molar-refractivity contribution in [2.75, 3.05) is 7.11 Å². The number of hydrogen-bond acceptors (Lipinski definition) is 2. The maximum absolute atomic E-state index is 5.18. The molecule has 56 valence electrons. The largest absolute Gasteiger partial charge is 0.377 e. The van der Waals surface area contributed by atoms with Crippen LogP contribution in [0.3, 0.4) is 0 Å². The third-order valence-corrected chi connectivity index (χ3v) is 2.57. The summed E-state index contributed by atoms with van der Waals surface area (Å²) < 4.78 is 5.18. The summed E-state index contributed by atoms with van der Waals surface area (Å²) in [7, 11) is 1.74. The van der Waals surface area contributed by atoms with Gasteiger partial charge in [-0.25, -0.2) is 0 Å². The standard InChI is InChI=1S/C8H12OS/c1-6-4-10-5-8(6)7(2)9-3/h4-5,7H,1-3H3. The van der Waals surface area contributed by atoms with Crippen molar-refractivity contribution >= 4 is 11.3 Å². The molecule has 0 N–H and O–H groups in total. The van der Waals surface area contributed by atoms with E-state index in [4.69, 9.17) is 4.74 Å². The lowest BCUT2D eigenvalue weighted by atomic mass is 10.1. The molecule has 0 spiro atoms. The minimum atomic E-state index is 0.242. The van der Waals surface area contributed by atoms with E-state index in [0.717, 1.165) is 0 Å². The van der Waals surface area contributed by atoms with E-state index in [9.17, 15) is 0 Å². The van der Waals surface area contributed by atoms with E-state index in [2.05, 4.69) is 24.6 Å². The molecule has 1 rings (SSSR count). The SMILES string of the molecule is COC(C)c1cscc1C. The van der Waals surface area contributed by atoms with Crippen molar-refractivity contribution in [1.82, 2.24) is 0 Å². The second kappa shape index (κ2) is 3.17. The van der Waals surface area contributed by atoms with Crippen LogP contribution in [0.25, 0.3) is 0 Å². The summed E-state index contributed by atoms with van der Waals surface area (Å²) in [4.78, 5) is 0. The molecule has 2 heteroatoms. The highest BCUT2D eigenvalue weighted by atomic mass is 32.1. The summed E-state index contributed by atoms with van der Waals surface area (Å²) in [6.45, 7) is 4.18. The monoisotopic (exact) mass is 156 g/mol. The molecule has 1 nitrogen and oxygen atoms in total. The predicted octanol–water partition coefficient (Wildman–Crippen LogP) is 2.76. The van der Waals surface area contributed by atoms with Gasteiger partial charge >= 0.3 is 0 Å². The quantitative estimate of drug-likeness (QED) is 0.639. The molecule has 0 fully saturated rings. The number of rotatable bonds is 2. The maximum atomic E-state index is 5.18. The fourth-order valence-corrected chi connectivity index (χ4v) is 1.85. The fraction of sp³-hybridized carbons (Fsp3) is 0.500. The van der Waals surface area contributed by atoms with Crippen LogP contribution in [0.15, 0.2) is 10.8 Å². The minimum absolute atomic E-state index is 0.242. The minimum Gasteiger partial charge on any atom is -0.377 e. The first-order valence-corrected chi connectivity index (χ1v) is 4.25. The van der Waals surface area contributed by atoms with Gasteiger partial charge in [0.1, 0.15) is 0 Å². The lowest BCUT2D eigenvalue weighted by Gasteiger charge is -2.07. The predicted molar refractivity (Wildman–Crippen MR) is 44.5 cm³/mol. The molecule has 1 aromatic rings. The van der Waals surface area contributed by atoms with Crippen LogP contribution in [-0.2, 0) is 4.74 Å². The number of methoxy groups -OCH3 is 1. The summed E-state index contributed by atoms with van der Waals surface area (Å²) in [5.41, 5.74) is 2.65. The first-order chi connectivity index (χ1) is 4.75. The van der Waals surface area contributed by atoms with Crippen LogP contribution in [0.4, 0.5) is 0 Å². The molecule has 0 amide bonds. The Balaban J connectivity index is 2.82. The summed E-state index contributed by atoms with van der Waals surface area (Å²) >= 11 is 1.73. The summed E-state index contributed by atoms with van der Waals surface area (Å²) in [5, 5.41) is 4.29. The van der Waals surface area contributed by atoms with Crippen molar-refractivity contribution in [3.8, 4) is 0 Å². The topological polar surface area (TPSA) is 9.23 Å². The Morgan fingerprint density at radius 1 is 1.50 bits per heavy atom. The van der Waals surface area contributed by atoms with E-state index in [1.54, 1.807) is 18.4 Å². The molecule has 1 aromatic heterocycles. The average Bonchev–Trinajstić information content (AvgIpc) is 2.34. The first kappa shape index (κ1) is 7.76. The van der Waals surface area contributed by atoms with Crippen LogP contribution in [0.2, 0.25) is 0 Å². The smallest absolute Gasteiger partial charge is 0.0803 e. The number of hydrogen-bond donors (Lipinski definition) is 0. The van der Waals surface area contributed by atoms with E-state index >= 15 is 0 Å². The zero-order valence-electron chi connectivity index (χ0n) is 6.55. The summed E-state index contributed by atoms with van der Waals surface area (Å²) in [6, 6.07) is 0. The van der Waals surface area contributed by atoms with Crippen LogP contribution in [0.1, 0.15) is 24.2 Å². The third-order valence-electron chi connectivity index (χ3n) is 1.69. The molecule has 0 aliphatic carbocycles. The van der Waals surface area contributed by atoms with Gasteiger partial charge < -0.3 is 4.74 Å². The van der Waals surface area contributed by atoms with E-state index < -0.39 is 0 Å². The lowest BCUT2D eigenvalue weighted by Crippen LogP contribution is -1.94. The second-order valence-corrected chi connectivity index (χ2v) is 3.13. The average molecular weight is 156 g/mol. The van der Waals surface area contributed by atoms with E-state index in [0.29, 0.717) is 0 Å². The van der Waals surface area contributed by atoms with E-state index in [-0.39, 0.29) is 6.10 Å². The normalized spacial score (nSPS) is 13.5. The molecular weight excluding hydrogens is 144 g/mol. The molecule has 0 aromatic carbocycles. The number of aryl methyl sites for hydroxylation is 1. The van der Waals surface area contributed by atoms with Gasteiger partial charge in [-0.05, 0) is 35.7 Å². The zero-order valence-corrected chi connectivity index (χ0v) is 7.37. The van der Waals surface area contributed by atoms with Gasteiger partial charge in [-0.3, -0.25) is 0 Å². The molecule has 0 saturated carbocycles. The van der Waals surface area contributed by atoms with Crippen LogP contribution in [-0.4, -0.2) is 7.11 Å². The molecule has 0 saturated heterocycles. The second-order valence-electron chi connectivity index (χ2n) is 2.39. The van der Waals surface area contributed by atoms with Crippen LogP contribution in [0.5, 0.6) is 0 Å². The molecule has 10 heavy (non-hydrogen) atoms. The third kappa shape index (κ3) is 1.39. The lowest BCUT2D eigenvalue weighted by molar-refractivity contribution is 0.119. The molecule has 0 bridgehead atoms. The van der Waals surface area contributed by atoms with Crippen molar-refractivity contribution in [2.24, 2.45) is 0 Å². The van der Waals surface area contributed by atoms with Gasteiger partial charge in [0.15, 0.2) is 0 Å². The highest BCUT2D eigenvalue weighted by molar-refractivity contribution is 7.08. The van der Waals surface area contributed by atoms with E-state index in [1.165, 1.54) is 11.1 Å². The first-order valence-electron chi connectivity index (χ1n) is 3.31. The molecule has 1 unspecified atom stereocenters. The molecule has 0 radical (unpaired) electrons. The van der Waals surface area contributed by atoms with Crippen LogP contribution >= 0.6 is 11.3 Å². The maximum Gasteiger partial charge on any atom is 0.0803 e. The zero-order chi connectivity index (χ0) is 7.56. The van der Waals surface area contributed by atoms with Gasteiger partial charge in [-0.2, -0.15) is 11.3 Å². The van der Waals surface area contributed by atoms with Crippen LogP contribution < -0.4 is 0 Å². The molecular formula is C8H12OS. The molecule has 0 aliphatic heterocycles. The van der Waals surface area contributed by atoms with Crippen molar-refractivity contribution in [3.05, 3.63) is 21.9 Å². The number of thiophene rings is 1. The Kier molecular flexibility index (Phi) is 2.46. The molecule has 1 atom stereocenters. The van der Waals surface area contributed by atoms with Crippen molar-refractivity contribution in [1.29, 1.82) is 0 Å². The summed E-state index contributed by atoms with van der Waals surface area (Å²) in [6.07, 6.45) is 0.242. The Hall–Kier alpha value is -0.340.